The van der Waals surface area contributed by atoms with Crippen LogP contribution >= 0.6 is 0 Å². The molecule has 0 radical (unpaired) electrons. The first-order valence-corrected chi connectivity index (χ1v) is 7.80. The molecule has 0 saturated heterocycles. The molecule has 0 saturated carbocycles. The van der Waals surface area contributed by atoms with Gasteiger partial charge in [-0.05, 0) is 29.7 Å². The fourth-order valence-corrected chi connectivity index (χ4v) is 2.25. The number of methoxy groups -OCH3 is 1. The highest BCUT2D eigenvalue weighted by Crippen LogP contribution is 2.14. The minimum atomic E-state index is -0.733. The van der Waals surface area contributed by atoms with E-state index in [0.717, 1.165) is 4.80 Å². The third kappa shape index (κ3) is 5.33. The van der Waals surface area contributed by atoms with Gasteiger partial charge >= 0.3 is 5.97 Å². The van der Waals surface area contributed by atoms with Gasteiger partial charge in [-0.1, -0.05) is 26.0 Å². The van der Waals surface area contributed by atoms with Crippen molar-refractivity contribution in [2.45, 2.75) is 32.9 Å². The van der Waals surface area contributed by atoms with Crippen molar-refractivity contribution in [3.63, 3.8) is 0 Å². The molecule has 134 valence electrons. The van der Waals surface area contributed by atoms with Crippen molar-refractivity contribution < 1.29 is 18.7 Å². The molecular formula is C16H20FN5O3. The second-order valence-electron chi connectivity index (χ2n) is 5.93. The van der Waals surface area contributed by atoms with Crippen LogP contribution in [0.2, 0.25) is 0 Å². The van der Waals surface area contributed by atoms with Gasteiger partial charge in [-0.3, -0.25) is 4.79 Å². The number of hydrogen-bond acceptors (Lipinski definition) is 6. The molecule has 0 spiro atoms. The molecule has 9 heteroatoms. The molecule has 1 N–H and O–H groups in total. The van der Waals surface area contributed by atoms with Crippen LogP contribution < -0.4 is 5.32 Å². The molecule has 0 aliphatic carbocycles. The molecule has 0 bridgehead atoms. The number of ether oxygens (including phenoxy) is 1. The quantitative estimate of drug-likeness (QED) is 0.754. The molecule has 2 rings (SSSR count). The Bertz CT molecular complexity index is 747. The largest absolute Gasteiger partial charge is 0.467 e. The molecule has 0 fully saturated rings. The molecule has 25 heavy (non-hydrogen) atoms. The number of nitrogens with one attached hydrogen (secondary N) is 1. The van der Waals surface area contributed by atoms with Gasteiger partial charge in [-0.2, -0.15) is 4.80 Å². The zero-order chi connectivity index (χ0) is 18.4. The number of hydrogen-bond donors (Lipinski definition) is 1. The first kappa shape index (κ1) is 18.5. The number of amides is 1. The Morgan fingerprint density at radius 1 is 1.36 bits per heavy atom. The van der Waals surface area contributed by atoms with Gasteiger partial charge in [0.15, 0.2) is 0 Å². The van der Waals surface area contributed by atoms with Crippen molar-refractivity contribution in [2.24, 2.45) is 5.92 Å². The van der Waals surface area contributed by atoms with Crippen LogP contribution in [0.25, 0.3) is 11.4 Å². The summed E-state index contributed by atoms with van der Waals surface area (Å²) >= 11 is 0. The highest BCUT2D eigenvalue weighted by atomic mass is 19.1. The molecule has 0 unspecified atom stereocenters. The number of tetrazole rings is 1. The van der Waals surface area contributed by atoms with Gasteiger partial charge in [-0.15, -0.1) is 10.2 Å². The number of esters is 1. The van der Waals surface area contributed by atoms with E-state index in [1.807, 2.05) is 13.8 Å². The Labute approximate surface area is 144 Å². The van der Waals surface area contributed by atoms with Crippen molar-refractivity contribution in [2.75, 3.05) is 7.11 Å². The normalized spacial score (nSPS) is 12.0. The van der Waals surface area contributed by atoms with E-state index >= 15 is 0 Å². The summed E-state index contributed by atoms with van der Waals surface area (Å²) in [4.78, 5) is 24.9. The monoisotopic (exact) mass is 349 g/mol. The van der Waals surface area contributed by atoms with Gasteiger partial charge in [0, 0.05) is 5.56 Å². The number of nitrogens with zero attached hydrogens (tertiary/aromatic N) is 4. The number of halogens is 1. The summed E-state index contributed by atoms with van der Waals surface area (Å²) in [7, 11) is 1.27. The van der Waals surface area contributed by atoms with Crippen LogP contribution in [0.1, 0.15) is 20.3 Å². The highest BCUT2D eigenvalue weighted by molar-refractivity contribution is 5.84. The van der Waals surface area contributed by atoms with Crippen LogP contribution in [0.3, 0.4) is 0 Å². The maximum atomic E-state index is 13.2. The number of aromatic nitrogens is 4. The first-order chi connectivity index (χ1) is 11.9. The van der Waals surface area contributed by atoms with Crippen LogP contribution in [0, 0.1) is 11.7 Å². The van der Waals surface area contributed by atoms with E-state index < -0.39 is 23.7 Å². The summed E-state index contributed by atoms with van der Waals surface area (Å²) in [5.74, 6) is -0.957. The molecule has 1 heterocycles. The predicted octanol–water partition coefficient (Wildman–Crippen LogP) is 1.18. The van der Waals surface area contributed by atoms with Crippen LogP contribution in [-0.4, -0.2) is 45.2 Å². The van der Waals surface area contributed by atoms with Crippen molar-refractivity contribution in [3.05, 3.63) is 30.1 Å². The number of carbonyl (C=O) groups is 2. The number of carbonyl (C=O) groups excluding carboxylic acids is 2. The highest BCUT2D eigenvalue weighted by Gasteiger charge is 2.23. The summed E-state index contributed by atoms with van der Waals surface area (Å²) in [6, 6.07) is 5.02. The fourth-order valence-electron chi connectivity index (χ4n) is 2.25. The molecule has 8 nitrogen and oxygen atoms in total. The Morgan fingerprint density at radius 2 is 2.12 bits per heavy atom. The van der Waals surface area contributed by atoms with Crippen molar-refractivity contribution in [3.8, 4) is 11.4 Å². The van der Waals surface area contributed by atoms with Gasteiger partial charge in [0.25, 0.3) is 0 Å². The summed E-state index contributed by atoms with van der Waals surface area (Å²) in [5, 5.41) is 14.2. The van der Waals surface area contributed by atoms with E-state index in [2.05, 4.69) is 20.7 Å². The molecule has 1 aromatic carbocycles. The van der Waals surface area contributed by atoms with E-state index in [0.29, 0.717) is 12.0 Å². The minimum absolute atomic E-state index is 0.202. The maximum absolute atomic E-state index is 13.2. The number of benzene rings is 1. The van der Waals surface area contributed by atoms with Gasteiger partial charge in [0.2, 0.25) is 11.7 Å². The molecule has 1 atom stereocenters. The average molecular weight is 349 g/mol. The van der Waals surface area contributed by atoms with Crippen molar-refractivity contribution in [1.29, 1.82) is 0 Å². The van der Waals surface area contributed by atoms with Crippen LogP contribution in [-0.2, 0) is 20.9 Å². The molecular weight excluding hydrogens is 329 g/mol. The Hall–Kier alpha value is -2.84. The molecule has 1 aromatic heterocycles. The lowest BCUT2D eigenvalue weighted by molar-refractivity contribution is -0.145. The van der Waals surface area contributed by atoms with Crippen LogP contribution in [0.15, 0.2) is 24.3 Å². The van der Waals surface area contributed by atoms with Gasteiger partial charge in [0.1, 0.15) is 18.4 Å². The molecule has 0 aliphatic heterocycles. The standard InChI is InChI=1S/C16H20FN5O3/c1-10(2)7-13(16(24)25-3)18-14(23)9-22-20-15(19-21-22)11-5-4-6-12(17)8-11/h4-6,8,10,13H,7,9H2,1-3H3,(H,18,23)/t13-/m0/s1. The van der Waals surface area contributed by atoms with Crippen LogP contribution in [0.4, 0.5) is 4.39 Å². The van der Waals surface area contributed by atoms with Gasteiger partial charge in [0.05, 0.1) is 7.11 Å². The summed E-state index contributed by atoms with van der Waals surface area (Å²) in [5.41, 5.74) is 0.457. The third-order valence-electron chi connectivity index (χ3n) is 3.35. The molecule has 1 amide bonds. The zero-order valence-corrected chi connectivity index (χ0v) is 14.3. The summed E-state index contributed by atoms with van der Waals surface area (Å²) in [6.45, 7) is 3.66. The smallest absolute Gasteiger partial charge is 0.328 e. The Kier molecular flexibility index (Phi) is 6.15. The van der Waals surface area contributed by atoms with E-state index in [1.54, 1.807) is 6.07 Å². The fraction of sp³-hybridized carbons (Fsp3) is 0.438. The second-order valence-corrected chi connectivity index (χ2v) is 5.93. The predicted molar refractivity (Wildman–Crippen MR) is 86.6 cm³/mol. The minimum Gasteiger partial charge on any atom is -0.467 e. The Morgan fingerprint density at radius 3 is 2.76 bits per heavy atom. The SMILES string of the molecule is COC(=O)[C@H](CC(C)C)NC(=O)Cn1nnc(-c2cccc(F)c2)n1. The van der Waals surface area contributed by atoms with Gasteiger partial charge < -0.3 is 10.1 Å². The van der Waals surface area contributed by atoms with Crippen molar-refractivity contribution >= 4 is 11.9 Å². The van der Waals surface area contributed by atoms with E-state index in [-0.39, 0.29) is 18.3 Å². The third-order valence-corrected chi connectivity index (χ3v) is 3.35. The second kappa shape index (κ2) is 8.32. The number of rotatable bonds is 7. The lowest BCUT2D eigenvalue weighted by Gasteiger charge is -2.17. The van der Waals surface area contributed by atoms with Crippen LogP contribution in [0.5, 0.6) is 0 Å². The molecule has 2 aromatic rings. The summed E-state index contributed by atoms with van der Waals surface area (Å²) in [6.07, 6.45) is 0.456. The van der Waals surface area contributed by atoms with E-state index in [1.165, 1.54) is 25.3 Å². The lowest BCUT2D eigenvalue weighted by atomic mass is 10.0. The van der Waals surface area contributed by atoms with E-state index in [9.17, 15) is 14.0 Å². The van der Waals surface area contributed by atoms with Gasteiger partial charge in [-0.25, -0.2) is 9.18 Å². The summed E-state index contributed by atoms with van der Waals surface area (Å²) < 4.78 is 17.9. The average Bonchev–Trinajstić information content (AvgIpc) is 3.01. The first-order valence-electron chi connectivity index (χ1n) is 7.80. The molecule has 0 aliphatic rings. The topological polar surface area (TPSA) is 99.0 Å². The zero-order valence-electron chi connectivity index (χ0n) is 14.3. The lowest BCUT2D eigenvalue weighted by Crippen LogP contribution is -2.43. The van der Waals surface area contributed by atoms with E-state index in [4.69, 9.17) is 4.74 Å². The Balaban J connectivity index is 2.01. The van der Waals surface area contributed by atoms with Crippen molar-refractivity contribution in [1.82, 2.24) is 25.5 Å². The maximum Gasteiger partial charge on any atom is 0.328 e.